The fourth-order valence-electron chi connectivity index (χ4n) is 2.87. The van der Waals surface area contributed by atoms with Crippen molar-refractivity contribution in [2.75, 3.05) is 7.11 Å². The highest BCUT2D eigenvalue weighted by Gasteiger charge is 2.16. The number of rotatable bonds is 3. The molecule has 0 aliphatic rings. The molecule has 4 nitrogen and oxygen atoms in total. The molecule has 2 aromatic heterocycles. The van der Waals surface area contributed by atoms with E-state index in [9.17, 15) is 0 Å². The van der Waals surface area contributed by atoms with Crippen LogP contribution in [0.15, 0.2) is 73.2 Å². The van der Waals surface area contributed by atoms with Gasteiger partial charge in [0.2, 0.25) is 0 Å². The van der Waals surface area contributed by atoms with Gasteiger partial charge in [0.1, 0.15) is 12.1 Å². The van der Waals surface area contributed by atoms with Gasteiger partial charge in [-0.05, 0) is 23.3 Å². The molecule has 112 valence electrons. The van der Waals surface area contributed by atoms with Gasteiger partial charge in [0, 0.05) is 17.3 Å². The van der Waals surface area contributed by atoms with Crippen molar-refractivity contribution >= 4 is 5.65 Å². The number of ether oxygens (including phenoxy) is 1. The van der Waals surface area contributed by atoms with Crippen LogP contribution in [-0.2, 0) is 0 Å². The number of aromatic nitrogens is 3. The van der Waals surface area contributed by atoms with Crippen molar-refractivity contribution in [2.45, 2.75) is 0 Å². The van der Waals surface area contributed by atoms with E-state index in [0.717, 1.165) is 33.7 Å². The van der Waals surface area contributed by atoms with Gasteiger partial charge < -0.3 is 4.74 Å². The Labute approximate surface area is 134 Å². The lowest BCUT2D eigenvalue weighted by Crippen LogP contribution is -1.95. The average molecular weight is 301 g/mol. The highest BCUT2D eigenvalue weighted by molar-refractivity contribution is 5.93. The second-order valence-corrected chi connectivity index (χ2v) is 5.20. The van der Waals surface area contributed by atoms with E-state index < -0.39 is 0 Å². The van der Waals surface area contributed by atoms with Gasteiger partial charge in [0.25, 0.3) is 0 Å². The highest BCUT2D eigenvalue weighted by atomic mass is 16.5. The van der Waals surface area contributed by atoms with Gasteiger partial charge in [-0.25, -0.2) is 9.50 Å². The van der Waals surface area contributed by atoms with Gasteiger partial charge in [-0.3, -0.25) is 0 Å². The minimum atomic E-state index is 0.833. The molecule has 0 aliphatic heterocycles. The van der Waals surface area contributed by atoms with E-state index in [1.165, 1.54) is 0 Å². The third-order valence-corrected chi connectivity index (χ3v) is 3.91. The maximum Gasteiger partial charge on any atom is 0.163 e. The number of fused-ring (bicyclic) bond motifs is 1. The minimum absolute atomic E-state index is 0.833. The van der Waals surface area contributed by atoms with Gasteiger partial charge in [0.15, 0.2) is 5.65 Å². The Hall–Kier alpha value is -3.14. The maximum absolute atomic E-state index is 5.54. The first-order valence-electron chi connectivity index (χ1n) is 7.39. The molecule has 0 spiro atoms. The standard InChI is InChI=1S/C19H15N3O/c1-23-17-10-6-5-9-15(17)16-11-12-22-19(20-13-21-22)18(16)14-7-3-2-4-8-14/h2-13H,1H3. The van der Waals surface area contributed by atoms with Crippen molar-refractivity contribution < 1.29 is 4.74 Å². The molecule has 2 aromatic carbocycles. The van der Waals surface area contributed by atoms with Crippen LogP contribution in [0.2, 0.25) is 0 Å². The second kappa shape index (κ2) is 5.57. The van der Waals surface area contributed by atoms with Crippen LogP contribution in [0.1, 0.15) is 0 Å². The van der Waals surface area contributed by atoms with E-state index in [1.54, 1.807) is 18.0 Å². The second-order valence-electron chi connectivity index (χ2n) is 5.20. The van der Waals surface area contributed by atoms with Gasteiger partial charge in [-0.15, -0.1) is 0 Å². The number of pyridine rings is 1. The van der Waals surface area contributed by atoms with Gasteiger partial charge in [-0.2, -0.15) is 5.10 Å². The predicted octanol–water partition coefficient (Wildman–Crippen LogP) is 4.07. The largest absolute Gasteiger partial charge is 0.496 e. The Morgan fingerprint density at radius 3 is 2.48 bits per heavy atom. The first kappa shape index (κ1) is 13.5. The number of hydrogen-bond donors (Lipinski definition) is 0. The molecule has 23 heavy (non-hydrogen) atoms. The summed E-state index contributed by atoms with van der Waals surface area (Å²) in [7, 11) is 1.69. The van der Waals surface area contributed by atoms with Crippen molar-refractivity contribution in [3.05, 3.63) is 73.2 Å². The Bertz CT molecular complexity index is 961. The number of para-hydroxylation sites is 1. The average Bonchev–Trinajstić information content (AvgIpc) is 3.10. The molecule has 0 radical (unpaired) electrons. The van der Waals surface area contributed by atoms with E-state index in [1.807, 2.05) is 42.6 Å². The Kier molecular flexibility index (Phi) is 3.27. The van der Waals surface area contributed by atoms with Gasteiger partial charge in [0.05, 0.1) is 7.11 Å². The summed E-state index contributed by atoms with van der Waals surface area (Å²) in [4.78, 5) is 4.45. The summed E-state index contributed by atoms with van der Waals surface area (Å²) in [6.07, 6.45) is 3.50. The summed E-state index contributed by atoms with van der Waals surface area (Å²) in [5.74, 6) is 0.841. The summed E-state index contributed by atoms with van der Waals surface area (Å²) < 4.78 is 7.33. The minimum Gasteiger partial charge on any atom is -0.496 e. The van der Waals surface area contributed by atoms with Crippen LogP contribution in [0, 0.1) is 0 Å². The zero-order valence-corrected chi connectivity index (χ0v) is 12.7. The molecule has 0 N–H and O–H groups in total. The lowest BCUT2D eigenvalue weighted by atomic mass is 9.95. The van der Waals surface area contributed by atoms with E-state index in [-0.39, 0.29) is 0 Å². The first-order valence-corrected chi connectivity index (χ1v) is 7.39. The van der Waals surface area contributed by atoms with Gasteiger partial charge >= 0.3 is 0 Å². The molecule has 0 fully saturated rings. The zero-order chi connectivity index (χ0) is 15.6. The van der Waals surface area contributed by atoms with Crippen LogP contribution in [0.5, 0.6) is 5.75 Å². The molecule has 0 bridgehead atoms. The van der Waals surface area contributed by atoms with Crippen LogP contribution in [0.3, 0.4) is 0 Å². The molecule has 0 aliphatic carbocycles. The monoisotopic (exact) mass is 301 g/mol. The van der Waals surface area contributed by atoms with Crippen molar-refractivity contribution in [3.8, 4) is 28.0 Å². The molecule has 0 unspecified atom stereocenters. The fraction of sp³-hybridized carbons (Fsp3) is 0.0526. The molecule has 0 amide bonds. The number of hydrogen-bond acceptors (Lipinski definition) is 3. The van der Waals surface area contributed by atoms with E-state index in [4.69, 9.17) is 4.74 Å². The van der Waals surface area contributed by atoms with Crippen molar-refractivity contribution in [1.82, 2.24) is 14.6 Å². The maximum atomic E-state index is 5.54. The summed E-state index contributed by atoms with van der Waals surface area (Å²) in [6, 6.07) is 20.3. The van der Waals surface area contributed by atoms with Gasteiger partial charge in [-0.1, -0.05) is 48.5 Å². The Morgan fingerprint density at radius 2 is 1.65 bits per heavy atom. The van der Waals surface area contributed by atoms with E-state index in [2.05, 4.69) is 34.3 Å². The highest BCUT2D eigenvalue weighted by Crippen LogP contribution is 2.38. The van der Waals surface area contributed by atoms with Crippen molar-refractivity contribution in [2.24, 2.45) is 0 Å². The van der Waals surface area contributed by atoms with Crippen molar-refractivity contribution in [1.29, 1.82) is 0 Å². The SMILES string of the molecule is COc1ccccc1-c1ccn2ncnc2c1-c1ccccc1. The van der Waals surface area contributed by atoms with Crippen LogP contribution in [-0.4, -0.2) is 21.7 Å². The molecule has 4 heteroatoms. The summed E-state index contributed by atoms with van der Waals surface area (Å²) in [5.41, 5.74) is 5.11. The van der Waals surface area contributed by atoms with Crippen LogP contribution < -0.4 is 4.74 Å². The molecule has 4 aromatic rings. The molecule has 4 rings (SSSR count). The fourth-order valence-corrected chi connectivity index (χ4v) is 2.87. The number of nitrogens with zero attached hydrogens (tertiary/aromatic N) is 3. The summed E-state index contributed by atoms with van der Waals surface area (Å²) in [6.45, 7) is 0. The molecule has 0 saturated heterocycles. The smallest absolute Gasteiger partial charge is 0.163 e. The third-order valence-electron chi connectivity index (χ3n) is 3.91. The normalized spacial score (nSPS) is 10.8. The Balaban J connectivity index is 2.08. The Morgan fingerprint density at radius 1 is 0.870 bits per heavy atom. The summed E-state index contributed by atoms with van der Waals surface area (Å²) in [5, 5.41) is 4.26. The third kappa shape index (κ3) is 2.25. The van der Waals surface area contributed by atoms with E-state index in [0.29, 0.717) is 0 Å². The predicted molar refractivity (Wildman–Crippen MR) is 90.4 cm³/mol. The molecule has 0 saturated carbocycles. The van der Waals surface area contributed by atoms with Crippen molar-refractivity contribution in [3.63, 3.8) is 0 Å². The number of benzene rings is 2. The summed E-state index contributed by atoms with van der Waals surface area (Å²) >= 11 is 0. The molecular weight excluding hydrogens is 286 g/mol. The molecular formula is C19H15N3O. The lowest BCUT2D eigenvalue weighted by molar-refractivity contribution is 0.416. The zero-order valence-electron chi connectivity index (χ0n) is 12.7. The van der Waals surface area contributed by atoms with Crippen LogP contribution >= 0.6 is 0 Å². The van der Waals surface area contributed by atoms with E-state index >= 15 is 0 Å². The first-order chi connectivity index (χ1) is 11.4. The lowest BCUT2D eigenvalue weighted by Gasteiger charge is -2.14. The van der Waals surface area contributed by atoms with Crippen LogP contribution in [0.25, 0.3) is 27.9 Å². The molecule has 0 atom stereocenters. The van der Waals surface area contributed by atoms with Crippen LogP contribution in [0.4, 0.5) is 0 Å². The molecule has 2 heterocycles. The topological polar surface area (TPSA) is 39.4 Å². The quantitative estimate of drug-likeness (QED) is 0.572. The number of methoxy groups -OCH3 is 1.